The van der Waals surface area contributed by atoms with Gasteiger partial charge < -0.3 is 15.9 Å². The van der Waals surface area contributed by atoms with E-state index in [0.29, 0.717) is 16.8 Å². The van der Waals surface area contributed by atoms with Crippen LogP contribution in [-0.4, -0.2) is 20.3 Å². The molecule has 1 heterocycles. The summed E-state index contributed by atoms with van der Waals surface area (Å²) in [7, 11) is -1.69. The number of amides is 1. The van der Waals surface area contributed by atoms with Gasteiger partial charge in [0.25, 0.3) is 5.22 Å². The van der Waals surface area contributed by atoms with Crippen molar-refractivity contribution in [2.24, 2.45) is 5.73 Å². The molecule has 17 heavy (non-hydrogen) atoms. The fraction of sp³-hybridized carbons (Fsp3) is 0.200. The fourth-order valence-corrected chi connectivity index (χ4v) is 2.14. The highest BCUT2D eigenvalue weighted by Gasteiger charge is 2.23. The van der Waals surface area contributed by atoms with Gasteiger partial charge in [0.1, 0.15) is 21.6 Å². The third kappa shape index (κ3) is 2.14. The number of oxazole rings is 1. The lowest BCUT2D eigenvalue weighted by Crippen LogP contribution is -2.29. The van der Waals surface area contributed by atoms with E-state index in [4.69, 9.17) is 15.9 Å². The van der Waals surface area contributed by atoms with E-state index in [1.165, 1.54) is 6.92 Å². The molecule has 6 nitrogen and oxygen atoms in total. The average Bonchev–Trinajstić information content (AvgIpc) is 2.69. The van der Waals surface area contributed by atoms with Gasteiger partial charge >= 0.3 is 0 Å². The molecule has 2 aromatic rings. The highest BCUT2D eigenvalue weighted by Crippen LogP contribution is 2.21. The van der Waals surface area contributed by atoms with Crippen molar-refractivity contribution in [2.45, 2.75) is 17.4 Å². The summed E-state index contributed by atoms with van der Waals surface area (Å²) in [4.78, 5) is 14.9. The summed E-state index contributed by atoms with van der Waals surface area (Å²) in [6.07, 6.45) is 0. The lowest BCUT2D eigenvalue weighted by molar-refractivity contribution is -0.117. The zero-order chi connectivity index (χ0) is 12.6. The third-order valence-electron chi connectivity index (χ3n) is 2.29. The van der Waals surface area contributed by atoms with Crippen LogP contribution in [0, 0.1) is 0 Å². The Bertz CT molecular complexity index is 608. The predicted octanol–water partition coefficient (Wildman–Crippen LogP) is 0.391. The molecule has 1 aromatic carbocycles. The fourth-order valence-electron chi connectivity index (χ4n) is 1.27. The Morgan fingerprint density at radius 1 is 1.53 bits per heavy atom. The minimum Gasteiger partial charge on any atom is -0.430 e. The van der Waals surface area contributed by atoms with Crippen molar-refractivity contribution in [3.8, 4) is 0 Å². The maximum absolute atomic E-state index is 11.9. The van der Waals surface area contributed by atoms with Crippen molar-refractivity contribution in [1.82, 2.24) is 4.98 Å². The van der Waals surface area contributed by atoms with Crippen molar-refractivity contribution in [2.75, 3.05) is 5.73 Å². The number of hydrogen-bond donors (Lipinski definition) is 2. The monoisotopic (exact) mass is 253 g/mol. The van der Waals surface area contributed by atoms with E-state index in [9.17, 15) is 9.00 Å². The number of primary amides is 1. The molecule has 1 amide bonds. The van der Waals surface area contributed by atoms with Crippen LogP contribution in [0.25, 0.3) is 11.1 Å². The van der Waals surface area contributed by atoms with Crippen LogP contribution in [0.4, 0.5) is 5.69 Å². The van der Waals surface area contributed by atoms with E-state index in [1.807, 2.05) is 0 Å². The van der Waals surface area contributed by atoms with E-state index < -0.39 is 22.0 Å². The zero-order valence-electron chi connectivity index (χ0n) is 9.04. The Kier molecular flexibility index (Phi) is 2.84. The van der Waals surface area contributed by atoms with Gasteiger partial charge in [0.2, 0.25) is 5.91 Å². The second-order valence-corrected chi connectivity index (χ2v) is 5.20. The Morgan fingerprint density at radius 3 is 2.88 bits per heavy atom. The van der Waals surface area contributed by atoms with E-state index >= 15 is 0 Å². The third-order valence-corrected chi connectivity index (χ3v) is 3.68. The summed E-state index contributed by atoms with van der Waals surface area (Å²) < 4.78 is 17.1. The second kappa shape index (κ2) is 4.17. The first-order chi connectivity index (χ1) is 7.99. The Morgan fingerprint density at radius 2 is 2.24 bits per heavy atom. The molecule has 0 fully saturated rings. The second-order valence-electron chi connectivity index (χ2n) is 3.55. The minimum absolute atomic E-state index is 0.0168. The molecule has 0 aliphatic rings. The number of rotatable bonds is 3. The molecule has 0 aliphatic carbocycles. The summed E-state index contributed by atoms with van der Waals surface area (Å²) in [5.74, 6) is -0.662. The number of nitrogens with zero attached hydrogens (tertiary/aromatic N) is 1. The van der Waals surface area contributed by atoms with Crippen LogP contribution in [-0.2, 0) is 15.6 Å². The molecule has 2 atom stereocenters. The molecular formula is C10H11N3O3S. The molecule has 0 spiro atoms. The van der Waals surface area contributed by atoms with E-state index in [0.717, 1.165) is 0 Å². The summed E-state index contributed by atoms with van der Waals surface area (Å²) in [5, 5.41) is -0.864. The highest BCUT2D eigenvalue weighted by molar-refractivity contribution is 7.86. The Labute approximate surface area is 99.4 Å². The summed E-state index contributed by atoms with van der Waals surface area (Å²) >= 11 is 0. The van der Waals surface area contributed by atoms with E-state index in [1.54, 1.807) is 18.2 Å². The number of benzene rings is 1. The number of carbonyl (C=O) groups is 1. The lowest BCUT2D eigenvalue weighted by atomic mass is 10.3. The molecule has 7 heteroatoms. The molecule has 0 saturated carbocycles. The smallest absolute Gasteiger partial charge is 0.288 e. The van der Waals surface area contributed by atoms with Gasteiger partial charge in [-0.1, -0.05) is 0 Å². The van der Waals surface area contributed by atoms with E-state index in [2.05, 4.69) is 4.98 Å². The first-order valence-electron chi connectivity index (χ1n) is 4.85. The minimum atomic E-state index is -1.69. The number of nitrogen functional groups attached to an aromatic ring is 1. The van der Waals surface area contributed by atoms with Gasteiger partial charge in [-0.3, -0.25) is 4.79 Å². The zero-order valence-corrected chi connectivity index (χ0v) is 9.86. The van der Waals surface area contributed by atoms with Crippen LogP contribution < -0.4 is 11.5 Å². The van der Waals surface area contributed by atoms with Gasteiger partial charge in [0.05, 0.1) is 0 Å². The summed E-state index contributed by atoms with van der Waals surface area (Å²) in [6, 6.07) is 4.89. The van der Waals surface area contributed by atoms with Crippen LogP contribution in [0.15, 0.2) is 27.8 Å². The summed E-state index contributed by atoms with van der Waals surface area (Å²) in [6.45, 7) is 1.46. The van der Waals surface area contributed by atoms with Crippen LogP contribution >= 0.6 is 0 Å². The molecular weight excluding hydrogens is 242 g/mol. The molecule has 0 radical (unpaired) electrons. The molecule has 90 valence electrons. The van der Waals surface area contributed by atoms with Crippen molar-refractivity contribution in [3.63, 3.8) is 0 Å². The van der Waals surface area contributed by atoms with Gasteiger partial charge in [-0.2, -0.15) is 0 Å². The van der Waals surface area contributed by atoms with Crippen molar-refractivity contribution >= 4 is 33.5 Å². The maximum Gasteiger partial charge on any atom is 0.288 e. The first kappa shape index (κ1) is 11.6. The summed E-state index contributed by atoms with van der Waals surface area (Å²) in [5.41, 5.74) is 12.2. The maximum atomic E-state index is 11.9. The van der Waals surface area contributed by atoms with Crippen LogP contribution in [0.3, 0.4) is 0 Å². The molecule has 1 aromatic heterocycles. The topological polar surface area (TPSA) is 112 Å². The van der Waals surface area contributed by atoms with E-state index in [-0.39, 0.29) is 5.22 Å². The van der Waals surface area contributed by atoms with Crippen molar-refractivity contribution < 1.29 is 13.4 Å². The van der Waals surface area contributed by atoms with Gasteiger partial charge in [0.15, 0.2) is 5.58 Å². The molecule has 0 saturated heterocycles. The number of fused-ring (bicyclic) bond motifs is 1. The van der Waals surface area contributed by atoms with Gasteiger partial charge in [-0.15, -0.1) is 0 Å². The van der Waals surface area contributed by atoms with Crippen LogP contribution in [0.1, 0.15) is 6.92 Å². The standard InChI is InChI=1S/C10H11N3O3S/c1-5(9(12)14)17(15)10-13-7-4-6(11)2-3-8(7)16-10/h2-5H,11H2,1H3,(H2,12,14). The normalized spacial score (nSPS) is 14.6. The molecule has 2 rings (SSSR count). The quantitative estimate of drug-likeness (QED) is 0.768. The van der Waals surface area contributed by atoms with Crippen molar-refractivity contribution in [1.29, 1.82) is 0 Å². The largest absolute Gasteiger partial charge is 0.430 e. The van der Waals surface area contributed by atoms with Gasteiger partial charge in [-0.05, 0) is 25.1 Å². The Hall–Kier alpha value is -1.89. The first-order valence-corrected chi connectivity index (χ1v) is 6.06. The Balaban J connectivity index is 2.43. The predicted molar refractivity (Wildman–Crippen MR) is 63.5 cm³/mol. The SMILES string of the molecule is CC(C(N)=O)S(=O)c1nc2cc(N)ccc2o1. The van der Waals surface area contributed by atoms with Gasteiger partial charge in [-0.25, -0.2) is 9.19 Å². The number of hydrogen-bond acceptors (Lipinski definition) is 5. The molecule has 0 bridgehead atoms. The number of carbonyl (C=O) groups excluding carboxylic acids is 1. The molecule has 0 aliphatic heterocycles. The number of anilines is 1. The molecule has 2 unspecified atom stereocenters. The highest BCUT2D eigenvalue weighted by atomic mass is 32.2. The number of aromatic nitrogens is 1. The molecule has 4 N–H and O–H groups in total. The van der Waals surface area contributed by atoms with Crippen LogP contribution in [0.5, 0.6) is 0 Å². The van der Waals surface area contributed by atoms with Crippen molar-refractivity contribution in [3.05, 3.63) is 18.2 Å². The van der Waals surface area contributed by atoms with Crippen LogP contribution in [0.2, 0.25) is 0 Å². The average molecular weight is 253 g/mol. The number of nitrogens with two attached hydrogens (primary N) is 2. The van der Waals surface area contributed by atoms with Gasteiger partial charge in [0, 0.05) is 5.69 Å². The lowest BCUT2D eigenvalue weighted by Gasteiger charge is -2.01.